The highest BCUT2D eigenvalue weighted by atomic mass is 14.3. The molecule has 0 fully saturated rings. The number of hydrogen-bond acceptors (Lipinski definition) is 1. The highest BCUT2D eigenvalue weighted by Crippen LogP contribution is 2.27. The van der Waals surface area contributed by atoms with Gasteiger partial charge in [-0.15, -0.1) is 0 Å². The van der Waals surface area contributed by atoms with E-state index >= 15 is 0 Å². The average molecular weight is 223 g/mol. The Kier molecular flexibility index (Phi) is 3.38. The van der Waals surface area contributed by atoms with Crippen LogP contribution < -0.4 is 0 Å². The van der Waals surface area contributed by atoms with Crippen molar-refractivity contribution in [3.8, 4) is 0 Å². The van der Waals surface area contributed by atoms with Gasteiger partial charge in [-0.05, 0) is 35.2 Å². The third-order valence-corrected chi connectivity index (χ3v) is 3.24. The first-order chi connectivity index (χ1) is 8.22. The largest absolute Gasteiger partial charge is 0.308 e. The molecule has 0 heterocycles. The van der Waals surface area contributed by atoms with E-state index < -0.39 is 0 Å². The maximum Gasteiger partial charge on any atom is 0.0250 e. The van der Waals surface area contributed by atoms with Crippen molar-refractivity contribution >= 4 is 6.21 Å². The summed E-state index contributed by atoms with van der Waals surface area (Å²) < 4.78 is 0. The van der Waals surface area contributed by atoms with Gasteiger partial charge in [-0.1, -0.05) is 49.4 Å². The minimum Gasteiger partial charge on any atom is -0.308 e. The van der Waals surface area contributed by atoms with Crippen molar-refractivity contribution < 1.29 is 0 Å². The molecule has 0 amide bonds. The lowest BCUT2D eigenvalue weighted by Gasteiger charge is -2.15. The SMILES string of the molecule is Cc1ccc(C=N)cc1C(C)c1ccccc1. The molecule has 1 nitrogen and oxygen atoms in total. The van der Waals surface area contributed by atoms with Crippen molar-refractivity contribution in [2.45, 2.75) is 19.8 Å². The van der Waals surface area contributed by atoms with Crippen LogP contribution >= 0.6 is 0 Å². The zero-order chi connectivity index (χ0) is 12.3. The lowest BCUT2D eigenvalue weighted by molar-refractivity contribution is 0.910. The molecule has 2 rings (SSSR count). The second-order valence-corrected chi connectivity index (χ2v) is 4.39. The summed E-state index contributed by atoms with van der Waals surface area (Å²) in [6.07, 6.45) is 1.40. The van der Waals surface area contributed by atoms with E-state index in [0.717, 1.165) is 5.56 Å². The summed E-state index contributed by atoms with van der Waals surface area (Å²) in [6, 6.07) is 16.7. The van der Waals surface area contributed by atoms with Crippen LogP contribution in [0.4, 0.5) is 0 Å². The molecule has 17 heavy (non-hydrogen) atoms. The van der Waals surface area contributed by atoms with E-state index in [9.17, 15) is 0 Å². The first-order valence-electron chi connectivity index (χ1n) is 5.88. The van der Waals surface area contributed by atoms with Crippen LogP contribution in [0, 0.1) is 12.3 Å². The summed E-state index contributed by atoms with van der Waals surface area (Å²) in [5, 5.41) is 7.33. The fraction of sp³-hybridized carbons (Fsp3) is 0.188. The Morgan fingerprint density at radius 2 is 1.76 bits per heavy atom. The van der Waals surface area contributed by atoms with Crippen LogP contribution in [0.15, 0.2) is 48.5 Å². The summed E-state index contributed by atoms with van der Waals surface area (Å²) in [4.78, 5) is 0. The lowest BCUT2D eigenvalue weighted by Crippen LogP contribution is -1.99. The van der Waals surface area contributed by atoms with Gasteiger partial charge in [0.2, 0.25) is 0 Å². The third kappa shape index (κ3) is 2.44. The van der Waals surface area contributed by atoms with Crippen molar-refractivity contribution in [3.63, 3.8) is 0 Å². The van der Waals surface area contributed by atoms with E-state index in [0.29, 0.717) is 5.92 Å². The summed E-state index contributed by atoms with van der Waals surface area (Å²) >= 11 is 0. The topological polar surface area (TPSA) is 23.9 Å². The van der Waals surface area contributed by atoms with Crippen LogP contribution in [-0.2, 0) is 0 Å². The fourth-order valence-corrected chi connectivity index (χ4v) is 2.14. The molecule has 0 spiro atoms. The quantitative estimate of drug-likeness (QED) is 0.756. The Balaban J connectivity index is 2.43. The first-order valence-corrected chi connectivity index (χ1v) is 5.88. The second-order valence-electron chi connectivity index (χ2n) is 4.39. The van der Waals surface area contributed by atoms with Gasteiger partial charge in [-0.25, -0.2) is 0 Å². The van der Waals surface area contributed by atoms with Gasteiger partial charge in [-0.2, -0.15) is 0 Å². The van der Waals surface area contributed by atoms with Gasteiger partial charge >= 0.3 is 0 Å². The molecule has 0 saturated heterocycles. The molecule has 2 aromatic carbocycles. The molecule has 1 heteroatoms. The van der Waals surface area contributed by atoms with Crippen molar-refractivity contribution in [2.75, 3.05) is 0 Å². The van der Waals surface area contributed by atoms with Crippen LogP contribution in [-0.4, -0.2) is 6.21 Å². The average Bonchev–Trinajstić information content (AvgIpc) is 2.39. The highest BCUT2D eigenvalue weighted by molar-refractivity contribution is 5.77. The predicted molar refractivity (Wildman–Crippen MR) is 73.0 cm³/mol. The van der Waals surface area contributed by atoms with Gasteiger partial charge in [0.25, 0.3) is 0 Å². The first kappa shape index (κ1) is 11.6. The molecular weight excluding hydrogens is 206 g/mol. The molecule has 0 saturated carbocycles. The molecule has 0 bridgehead atoms. The van der Waals surface area contributed by atoms with Gasteiger partial charge in [0.05, 0.1) is 0 Å². The van der Waals surface area contributed by atoms with Crippen LogP contribution in [0.5, 0.6) is 0 Å². The summed E-state index contributed by atoms with van der Waals surface area (Å²) in [5.74, 6) is 0.371. The Morgan fingerprint density at radius 1 is 1.06 bits per heavy atom. The molecule has 1 atom stereocenters. The monoisotopic (exact) mass is 223 g/mol. The van der Waals surface area contributed by atoms with Gasteiger partial charge in [-0.3, -0.25) is 0 Å². The molecule has 0 aliphatic rings. The molecule has 0 aromatic heterocycles. The van der Waals surface area contributed by atoms with Crippen molar-refractivity contribution in [1.29, 1.82) is 5.41 Å². The molecule has 0 aliphatic heterocycles. The smallest absolute Gasteiger partial charge is 0.0250 e. The molecule has 1 N–H and O–H groups in total. The van der Waals surface area contributed by atoms with Gasteiger partial charge < -0.3 is 5.41 Å². The zero-order valence-corrected chi connectivity index (χ0v) is 10.3. The normalized spacial score (nSPS) is 12.1. The van der Waals surface area contributed by atoms with Crippen LogP contribution in [0.3, 0.4) is 0 Å². The van der Waals surface area contributed by atoms with E-state index in [4.69, 9.17) is 5.41 Å². The Bertz CT molecular complexity index is 514. The van der Waals surface area contributed by atoms with Crippen molar-refractivity contribution in [2.24, 2.45) is 0 Å². The summed E-state index contributed by atoms with van der Waals surface area (Å²) in [7, 11) is 0. The minimum absolute atomic E-state index is 0.371. The number of hydrogen-bond donors (Lipinski definition) is 1. The van der Waals surface area contributed by atoms with Crippen LogP contribution in [0.1, 0.15) is 35.1 Å². The van der Waals surface area contributed by atoms with Gasteiger partial charge in [0, 0.05) is 12.1 Å². The number of rotatable bonds is 3. The van der Waals surface area contributed by atoms with E-state index in [2.05, 4.69) is 50.2 Å². The highest BCUT2D eigenvalue weighted by Gasteiger charge is 2.10. The molecule has 2 aromatic rings. The van der Waals surface area contributed by atoms with E-state index in [-0.39, 0.29) is 0 Å². The Hall–Kier alpha value is -1.89. The van der Waals surface area contributed by atoms with Crippen molar-refractivity contribution in [3.05, 3.63) is 70.8 Å². The molecule has 86 valence electrons. The lowest BCUT2D eigenvalue weighted by atomic mass is 9.89. The fourth-order valence-electron chi connectivity index (χ4n) is 2.14. The van der Waals surface area contributed by atoms with E-state index in [1.54, 1.807) is 0 Å². The molecule has 0 radical (unpaired) electrons. The van der Waals surface area contributed by atoms with Crippen molar-refractivity contribution in [1.82, 2.24) is 0 Å². The van der Waals surface area contributed by atoms with Gasteiger partial charge in [0.15, 0.2) is 0 Å². The Labute approximate surface area is 103 Å². The predicted octanol–water partition coefficient (Wildman–Crippen LogP) is 4.14. The maximum absolute atomic E-state index is 7.33. The molecular formula is C16H17N. The minimum atomic E-state index is 0.371. The standard InChI is InChI=1S/C16H17N/c1-12-8-9-14(11-17)10-16(12)13(2)15-6-4-3-5-7-15/h3-11,13,17H,1-2H3. The third-order valence-electron chi connectivity index (χ3n) is 3.24. The maximum atomic E-state index is 7.33. The zero-order valence-electron chi connectivity index (χ0n) is 10.3. The summed E-state index contributed by atoms with van der Waals surface area (Å²) in [6.45, 7) is 4.34. The number of nitrogens with one attached hydrogen (secondary N) is 1. The number of benzene rings is 2. The molecule has 1 unspecified atom stereocenters. The second kappa shape index (κ2) is 4.96. The Morgan fingerprint density at radius 3 is 2.41 bits per heavy atom. The van der Waals surface area contributed by atoms with E-state index in [1.807, 2.05) is 12.1 Å². The van der Waals surface area contributed by atoms with Crippen LogP contribution in [0.2, 0.25) is 0 Å². The number of aryl methyl sites for hydroxylation is 1. The molecule has 0 aliphatic carbocycles. The van der Waals surface area contributed by atoms with Crippen LogP contribution in [0.25, 0.3) is 0 Å². The summed E-state index contributed by atoms with van der Waals surface area (Å²) in [5.41, 5.74) is 4.87. The van der Waals surface area contributed by atoms with Gasteiger partial charge in [0.1, 0.15) is 0 Å². The van der Waals surface area contributed by atoms with E-state index in [1.165, 1.54) is 22.9 Å².